The molecule has 2 aromatic rings. The molecule has 19 heavy (non-hydrogen) atoms. The molecule has 0 radical (unpaired) electrons. The molecule has 0 saturated carbocycles. The highest BCUT2D eigenvalue weighted by molar-refractivity contribution is 5.36. The van der Waals surface area contributed by atoms with Crippen LogP contribution in [0.2, 0.25) is 0 Å². The molecule has 0 amide bonds. The third-order valence-electron chi connectivity index (χ3n) is 2.69. The second-order valence-corrected chi connectivity index (χ2v) is 4.22. The van der Waals surface area contributed by atoms with Crippen molar-refractivity contribution < 1.29 is 5.11 Å². The smallest absolute Gasteiger partial charge is 0.225 e. The van der Waals surface area contributed by atoms with E-state index in [4.69, 9.17) is 10.4 Å². The molecule has 96 valence electrons. The molecular formula is C14H14N4O. The largest absolute Gasteiger partial charge is 0.392 e. The standard InChI is InChI=1S/C14H14N4O/c1-18(14-16-7-13(10-19)8-17-14)9-12-4-2-3-11(5-12)6-15/h2-5,7-8,19H,9-10H2,1H3. The Kier molecular flexibility index (Phi) is 4.06. The summed E-state index contributed by atoms with van der Waals surface area (Å²) in [6.07, 6.45) is 3.20. The Bertz CT molecular complexity index is 589. The van der Waals surface area contributed by atoms with Gasteiger partial charge >= 0.3 is 0 Å². The van der Waals surface area contributed by atoms with Crippen molar-refractivity contribution in [3.05, 3.63) is 53.3 Å². The molecule has 0 aliphatic rings. The van der Waals surface area contributed by atoms with Gasteiger partial charge in [-0.15, -0.1) is 0 Å². The molecule has 1 aromatic heterocycles. The number of nitrogens with zero attached hydrogens (tertiary/aromatic N) is 4. The molecule has 5 heteroatoms. The average Bonchev–Trinajstić information content (AvgIpc) is 2.47. The lowest BCUT2D eigenvalue weighted by atomic mass is 10.1. The van der Waals surface area contributed by atoms with Gasteiger partial charge in [0.2, 0.25) is 5.95 Å². The van der Waals surface area contributed by atoms with Gasteiger partial charge in [-0.3, -0.25) is 0 Å². The van der Waals surface area contributed by atoms with Crippen LogP contribution in [0.5, 0.6) is 0 Å². The number of hydrogen-bond acceptors (Lipinski definition) is 5. The number of aliphatic hydroxyl groups is 1. The van der Waals surface area contributed by atoms with Crippen LogP contribution >= 0.6 is 0 Å². The first kappa shape index (κ1) is 13.0. The first-order valence-electron chi connectivity index (χ1n) is 5.85. The van der Waals surface area contributed by atoms with Crippen molar-refractivity contribution in [3.63, 3.8) is 0 Å². The van der Waals surface area contributed by atoms with Gasteiger partial charge in [0.15, 0.2) is 0 Å². The van der Waals surface area contributed by atoms with Crippen molar-refractivity contribution in [2.24, 2.45) is 0 Å². The minimum atomic E-state index is -0.0613. The molecule has 0 spiro atoms. The van der Waals surface area contributed by atoms with Crippen molar-refractivity contribution in [1.29, 1.82) is 5.26 Å². The van der Waals surface area contributed by atoms with Crippen LogP contribution in [0.1, 0.15) is 16.7 Å². The topological polar surface area (TPSA) is 73.0 Å². The third-order valence-corrected chi connectivity index (χ3v) is 2.69. The van der Waals surface area contributed by atoms with Gasteiger partial charge in [0.05, 0.1) is 18.2 Å². The Balaban J connectivity index is 2.11. The normalized spacial score (nSPS) is 9.95. The van der Waals surface area contributed by atoms with Gasteiger partial charge in [-0.05, 0) is 17.7 Å². The summed E-state index contributed by atoms with van der Waals surface area (Å²) in [5, 5.41) is 17.8. The number of aromatic nitrogens is 2. The molecule has 0 saturated heterocycles. The van der Waals surface area contributed by atoms with Crippen molar-refractivity contribution in [1.82, 2.24) is 9.97 Å². The zero-order valence-corrected chi connectivity index (χ0v) is 10.6. The van der Waals surface area contributed by atoms with E-state index in [9.17, 15) is 0 Å². The van der Waals surface area contributed by atoms with Gasteiger partial charge < -0.3 is 10.0 Å². The summed E-state index contributed by atoms with van der Waals surface area (Å²) in [4.78, 5) is 10.2. The van der Waals surface area contributed by atoms with E-state index in [0.717, 1.165) is 5.56 Å². The summed E-state index contributed by atoms with van der Waals surface area (Å²) in [5.74, 6) is 0.583. The van der Waals surface area contributed by atoms with E-state index in [1.807, 2.05) is 30.1 Å². The first-order valence-corrected chi connectivity index (χ1v) is 5.85. The monoisotopic (exact) mass is 254 g/mol. The average molecular weight is 254 g/mol. The Morgan fingerprint density at radius 2 is 2.00 bits per heavy atom. The van der Waals surface area contributed by atoms with Crippen molar-refractivity contribution in [3.8, 4) is 6.07 Å². The van der Waals surface area contributed by atoms with Crippen LogP contribution in [0, 0.1) is 11.3 Å². The Morgan fingerprint density at radius 1 is 1.26 bits per heavy atom. The molecule has 0 aliphatic heterocycles. The Labute approximate surface area is 111 Å². The highest BCUT2D eigenvalue weighted by Crippen LogP contribution is 2.11. The van der Waals surface area contributed by atoms with Crippen LogP contribution in [0.4, 0.5) is 5.95 Å². The van der Waals surface area contributed by atoms with Crippen LogP contribution < -0.4 is 4.90 Å². The van der Waals surface area contributed by atoms with Gasteiger partial charge in [0, 0.05) is 31.5 Å². The SMILES string of the molecule is CN(Cc1cccc(C#N)c1)c1ncc(CO)cn1. The maximum Gasteiger partial charge on any atom is 0.225 e. The fourth-order valence-electron chi connectivity index (χ4n) is 1.71. The van der Waals surface area contributed by atoms with Gasteiger partial charge in [0.25, 0.3) is 0 Å². The van der Waals surface area contributed by atoms with E-state index in [1.54, 1.807) is 18.5 Å². The number of anilines is 1. The molecule has 1 N–H and O–H groups in total. The number of benzene rings is 1. The zero-order chi connectivity index (χ0) is 13.7. The zero-order valence-electron chi connectivity index (χ0n) is 10.6. The second kappa shape index (κ2) is 5.94. The van der Waals surface area contributed by atoms with Gasteiger partial charge in [-0.25, -0.2) is 9.97 Å². The van der Waals surface area contributed by atoms with Crippen LogP contribution in [0.25, 0.3) is 0 Å². The lowest BCUT2D eigenvalue weighted by Crippen LogP contribution is -2.19. The minimum absolute atomic E-state index is 0.0613. The second-order valence-electron chi connectivity index (χ2n) is 4.22. The lowest BCUT2D eigenvalue weighted by Gasteiger charge is -2.17. The van der Waals surface area contributed by atoms with Gasteiger partial charge in [-0.1, -0.05) is 12.1 Å². The predicted octanol–water partition coefficient (Wildman–Crippen LogP) is 1.48. The maximum atomic E-state index is 8.94. The number of aliphatic hydroxyl groups excluding tert-OH is 1. The fourth-order valence-corrected chi connectivity index (χ4v) is 1.71. The molecule has 5 nitrogen and oxygen atoms in total. The Hall–Kier alpha value is -2.45. The molecule has 0 fully saturated rings. The summed E-state index contributed by atoms with van der Waals surface area (Å²) in [6, 6.07) is 9.55. The highest BCUT2D eigenvalue weighted by atomic mass is 16.3. The Morgan fingerprint density at radius 3 is 2.63 bits per heavy atom. The van der Waals surface area contributed by atoms with Crippen molar-refractivity contribution >= 4 is 5.95 Å². The van der Waals surface area contributed by atoms with E-state index >= 15 is 0 Å². The number of rotatable bonds is 4. The van der Waals surface area contributed by atoms with Crippen LogP contribution in [0.3, 0.4) is 0 Å². The molecule has 0 aliphatic carbocycles. The quantitative estimate of drug-likeness (QED) is 0.894. The summed E-state index contributed by atoms with van der Waals surface area (Å²) in [5.41, 5.74) is 2.35. The number of nitriles is 1. The number of hydrogen-bond donors (Lipinski definition) is 1. The molecule has 1 aromatic carbocycles. The van der Waals surface area contributed by atoms with E-state index in [-0.39, 0.29) is 6.61 Å². The fraction of sp³-hybridized carbons (Fsp3) is 0.214. The summed E-state index contributed by atoms with van der Waals surface area (Å²) < 4.78 is 0. The molecular weight excluding hydrogens is 240 g/mol. The van der Waals surface area contributed by atoms with E-state index in [1.165, 1.54) is 0 Å². The predicted molar refractivity (Wildman–Crippen MR) is 71.2 cm³/mol. The molecule has 0 unspecified atom stereocenters. The summed E-state index contributed by atoms with van der Waals surface area (Å²) >= 11 is 0. The highest BCUT2D eigenvalue weighted by Gasteiger charge is 2.05. The molecule has 1 heterocycles. The third kappa shape index (κ3) is 3.27. The van der Waals surface area contributed by atoms with Crippen LogP contribution in [-0.4, -0.2) is 22.1 Å². The van der Waals surface area contributed by atoms with Crippen molar-refractivity contribution in [2.45, 2.75) is 13.2 Å². The van der Waals surface area contributed by atoms with E-state index < -0.39 is 0 Å². The first-order chi connectivity index (χ1) is 9.22. The van der Waals surface area contributed by atoms with Crippen LogP contribution in [0.15, 0.2) is 36.7 Å². The molecule has 2 rings (SSSR count). The van der Waals surface area contributed by atoms with Crippen molar-refractivity contribution in [2.75, 3.05) is 11.9 Å². The molecule has 0 bridgehead atoms. The van der Waals surface area contributed by atoms with E-state index in [0.29, 0.717) is 23.6 Å². The lowest BCUT2D eigenvalue weighted by molar-refractivity contribution is 0.281. The van der Waals surface area contributed by atoms with Crippen LogP contribution in [-0.2, 0) is 13.2 Å². The van der Waals surface area contributed by atoms with Gasteiger partial charge in [-0.2, -0.15) is 5.26 Å². The summed E-state index contributed by atoms with van der Waals surface area (Å²) in [6.45, 7) is 0.558. The molecule has 0 atom stereocenters. The minimum Gasteiger partial charge on any atom is -0.392 e. The van der Waals surface area contributed by atoms with E-state index in [2.05, 4.69) is 16.0 Å². The summed E-state index contributed by atoms with van der Waals surface area (Å²) in [7, 11) is 1.88. The maximum absolute atomic E-state index is 8.94. The van der Waals surface area contributed by atoms with Gasteiger partial charge in [0.1, 0.15) is 0 Å².